The van der Waals surface area contributed by atoms with Crippen molar-refractivity contribution in [3.05, 3.63) is 70.2 Å². The summed E-state index contributed by atoms with van der Waals surface area (Å²) in [4.78, 5) is 13.4. The van der Waals surface area contributed by atoms with Crippen molar-refractivity contribution >= 4 is 37.9 Å². The van der Waals surface area contributed by atoms with E-state index in [1.807, 2.05) is 0 Å². The maximum atomic E-state index is 13.9. The van der Waals surface area contributed by atoms with Crippen molar-refractivity contribution < 1.29 is 22.0 Å². The molecule has 2 aromatic carbocycles. The van der Waals surface area contributed by atoms with Gasteiger partial charge in [-0.05, 0) is 36.4 Å². The summed E-state index contributed by atoms with van der Waals surface area (Å²) in [6.07, 6.45) is 2.64. The molecular weight excluding hydrogens is 454 g/mol. The number of piperazine rings is 1. The molecule has 0 aromatic heterocycles. The van der Waals surface area contributed by atoms with Crippen LogP contribution in [0.4, 0.5) is 8.78 Å². The highest BCUT2D eigenvalue weighted by Gasteiger charge is 2.31. The van der Waals surface area contributed by atoms with Crippen LogP contribution in [0.15, 0.2) is 57.9 Å². The number of sulfonamides is 1. The molecule has 1 heterocycles. The van der Waals surface area contributed by atoms with Gasteiger partial charge in [0.15, 0.2) is 0 Å². The molecule has 2 aromatic rings. The molecule has 148 valence electrons. The summed E-state index contributed by atoms with van der Waals surface area (Å²) in [5.41, 5.74) is 0.267. The third-order valence-corrected chi connectivity index (χ3v) is 6.79. The van der Waals surface area contributed by atoms with Gasteiger partial charge in [-0.1, -0.05) is 28.1 Å². The van der Waals surface area contributed by atoms with Gasteiger partial charge in [0.2, 0.25) is 15.9 Å². The Kier molecular flexibility index (Phi) is 6.26. The molecule has 1 amide bonds. The highest BCUT2D eigenvalue weighted by molar-refractivity contribution is 9.10. The first-order valence-corrected chi connectivity index (χ1v) is 10.7. The standard InChI is InChI=1S/C19H17BrF2N2O3S/c20-15-6-7-16(21)14(13-15)5-8-19(25)23-9-11-24(12-10-23)28(26,27)18-4-2-1-3-17(18)22/h1-8,13H,9-12H2/b8-5+. The predicted molar refractivity (Wildman–Crippen MR) is 105 cm³/mol. The van der Waals surface area contributed by atoms with Gasteiger partial charge in [0.05, 0.1) is 0 Å². The van der Waals surface area contributed by atoms with E-state index >= 15 is 0 Å². The van der Waals surface area contributed by atoms with Crippen molar-refractivity contribution in [3.8, 4) is 0 Å². The molecule has 1 saturated heterocycles. The summed E-state index contributed by atoms with van der Waals surface area (Å²) in [6.45, 7) is 0.443. The van der Waals surface area contributed by atoms with Gasteiger partial charge in [0, 0.05) is 42.3 Å². The van der Waals surface area contributed by atoms with E-state index in [0.29, 0.717) is 4.47 Å². The van der Waals surface area contributed by atoms with Crippen LogP contribution in [-0.4, -0.2) is 49.7 Å². The fourth-order valence-corrected chi connectivity index (χ4v) is 4.72. The van der Waals surface area contributed by atoms with Crippen LogP contribution >= 0.6 is 15.9 Å². The normalized spacial score (nSPS) is 15.9. The van der Waals surface area contributed by atoms with Crippen LogP contribution in [0.25, 0.3) is 6.08 Å². The summed E-state index contributed by atoms with van der Waals surface area (Å²) < 4.78 is 54.6. The number of rotatable bonds is 4. The molecule has 0 aliphatic carbocycles. The molecule has 1 aliphatic rings. The van der Waals surface area contributed by atoms with E-state index in [-0.39, 0.29) is 42.5 Å². The molecule has 0 spiro atoms. The van der Waals surface area contributed by atoms with Crippen molar-refractivity contribution in [1.82, 2.24) is 9.21 Å². The van der Waals surface area contributed by atoms with Gasteiger partial charge >= 0.3 is 0 Å². The second kappa shape index (κ2) is 8.50. The Morgan fingerprint density at radius 3 is 2.36 bits per heavy atom. The highest BCUT2D eigenvalue weighted by atomic mass is 79.9. The molecular formula is C19H17BrF2N2O3S. The zero-order valence-electron chi connectivity index (χ0n) is 14.7. The van der Waals surface area contributed by atoms with Crippen LogP contribution < -0.4 is 0 Å². The van der Waals surface area contributed by atoms with Gasteiger partial charge in [-0.25, -0.2) is 17.2 Å². The van der Waals surface area contributed by atoms with E-state index in [0.717, 1.165) is 10.4 Å². The lowest BCUT2D eigenvalue weighted by atomic mass is 10.2. The quantitative estimate of drug-likeness (QED) is 0.644. The Bertz CT molecular complexity index is 1020. The van der Waals surface area contributed by atoms with Gasteiger partial charge in [-0.2, -0.15) is 4.31 Å². The first-order chi connectivity index (χ1) is 13.3. The number of carbonyl (C=O) groups is 1. The molecule has 0 unspecified atom stereocenters. The molecule has 0 saturated carbocycles. The first kappa shape index (κ1) is 20.6. The third kappa shape index (κ3) is 4.48. The summed E-state index contributed by atoms with van der Waals surface area (Å²) in [6, 6.07) is 9.60. The van der Waals surface area contributed by atoms with Crippen LogP contribution in [0.3, 0.4) is 0 Å². The van der Waals surface area contributed by atoms with Crippen LogP contribution in [0, 0.1) is 11.6 Å². The Morgan fingerprint density at radius 1 is 1.00 bits per heavy atom. The third-order valence-electron chi connectivity index (χ3n) is 4.37. The molecule has 28 heavy (non-hydrogen) atoms. The number of nitrogens with zero attached hydrogens (tertiary/aromatic N) is 2. The summed E-state index contributed by atoms with van der Waals surface area (Å²) in [5, 5.41) is 0. The van der Waals surface area contributed by atoms with Crippen molar-refractivity contribution in [1.29, 1.82) is 0 Å². The minimum absolute atomic E-state index is 0.0570. The van der Waals surface area contributed by atoms with Crippen LogP contribution in [0.5, 0.6) is 0 Å². The largest absolute Gasteiger partial charge is 0.337 e. The van der Waals surface area contributed by atoms with Crippen molar-refractivity contribution in [3.63, 3.8) is 0 Å². The number of hydrogen-bond donors (Lipinski definition) is 0. The first-order valence-electron chi connectivity index (χ1n) is 8.46. The lowest BCUT2D eigenvalue weighted by molar-refractivity contribution is -0.127. The van der Waals surface area contributed by atoms with E-state index in [1.165, 1.54) is 41.3 Å². The summed E-state index contributed by atoms with van der Waals surface area (Å²) >= 11 is 3.24. The SMILES string of the molecule is O=C(/C=C/c1cc(Br)ccc1F)N1CCN(S(=O)(=O)c2ccccc2F)CC1. The monoisotopic (exact) mass is 470 g/mol. The van der Waals surface area contributed by atoms with Gasteiger partial charge < -0.3 is 4.90 Å². The average molecular weight is 471 g/mol. The molecule has 0 radical (unpaired) electrons. The molecule has 1 fully saturated rings. The zero-order valence-corrected chi connectivity index (χ0v) is 17.1. The lowest BCUT2D eigenvalue weighted by Crippen LogP contribution is -2.50. The molecule has 1 aliphatic heterocycles. The second-order valence-electron chi connectivity index (χ2n) is 6.16. The molecule has 3 rings (SSSR count). The number of benzene rings is 2. The van der Waals surface area contributed by atoms with Gasteiger partial charge in [0.1, 0.15) is 16.5 Å². The number of halogens is 3. The Balaban J connectivity index is 1.65. The topological polar surface area (TPSA) is 57.7 Å². The minimum Gasteiger partial charge on any atom is -0.337 e. The fraction of sp³-hybridized carbons (Fsp3) is 0.211. The maximum Gasteiger partial charge on any atom is 0.246 e. The predicted octanol–water partition coefficient (Wildman–Crippen LogP) is 3.27. The van der Waals surface area contributed by atoms with Crippen LogP contribution in [-0.2, 0) is 14.8 Å². The van der Waals surface area contributed by atoms with Crippen molar-refractivity contribution in [2.75, 3.05) is 26.2 Å². The summed E-state index contributed by atoms with van der Waals surface area (Å²) in [7, 11) is -3.96. The highest BCUT2D eigenvalue weighted by Crippen LogP contribution is 2.21. The van der Waals surface area contributed by atoms with E-state index in [9.17, 15) is 22.0 Å². The van der Waals surface area contributed by atoms with E-state index < -0.39 is 21.7 Å². The van der Waals surface area contributed by atoms with Gasteiger partial charge in [0.25, 0.3) is 0 Å². The van der Waals surface area contributed by atoms with E-state index in [1.54, 1.807) is 12.1 Å². The van der Waals surface area contributed by atoms with Gasteiger partial charge in [-0.3, -0.25) is 4.79 Å². The van der Waals surface area contributed by atoms with Crippen LogP contribution in [0.2, 0.25) is 0 Å². The fourth-order valence-electron chi connectivity index (χ4n) is 2.85. The maximum absolute atomic E-state index is 13.9. The Morgan fingerprint density at radius 2 is 1.68 bits per heavy atom. The lowest BCUT2D eigenvalue weighted by Gasteiger charge is -2.33. The smallest absolute Gasteiger partial charge is 0.246 e. The average Bonchev–Trinajstić information content (AvgIpc) is 2.68. The van der Waals surface area contributed by atoms with E-state index in [4.69, 9.17) is 0 Å². The Hall–Kier alpha value is -2.10. The second-order valence-corrected chi connectivity index (χ2v) is 8.98. The zero-order chi connectivity index (χ0) is 20.3. The summed E-state index contributed by atoms with van der Waals surface area (Å²) in [5.74, 6) is -1.60. The number of hydrogen-bond acceptors (Lipinski definition) is 3. The van der Waals surface area contributed by atoms with E-state index in [2.05, 4.69) is 15.9 Å². The molecule has 9 heteroatoms. The molecule has 0 atom stereocenters. The Labute approximate surface area is 170 Å². The minimum atomic E-state index is -3.96. The molecule has 0 bridgehead atoms. The van der Waals surface area contributed by atoms with Crippen molar-refractivity contribution in [2.45, 2.75) is 4.90 Å². The number of amides is 1. The molecule has 0 N–H and O–H groups in total. The van der Waals surface area contributed by atoms with Crippen LogP contribution in [0.1, 0.15) is 5.56 Å². The number of carbonyl (C=O) groups excluding carboxylic acids is 1. The van der Waals surface area contributed by atoms with Gasteiger partial charge in [-0.15, -0.1) is 0 Å². The van der Waals surface area contributed by atoms with Crippen molar-refractivity contribution in [2.24, 2.45) is 0 Å². The molecule has 5 nitrogen and oxygen atoms in total.